The highest BCUT2D eigenvalue weighted by Crippen LogP contribution is 2.55. The Bertz CT molecular complexity index is 509. The number of aliphatic hydroxyl groups is 1. The lowest BCUT2D eigenvalue weighted by Crippen LogP contribution is -2.60. The van der Waals surface area contributed by atoms with Gasteiger partial charge < -0.3 is 14.9 Å². The molecular weight excluding hydrogens is 282 g/mol. The highest BCUT2D eigenvalue weighted by Gasteiger charge is 2.60. The molecule has 3 aliphatic heterocycles. The summed E-state index contributed by atoms with van der Waals surface area (Å²) in [5.41, 5.74) is -0.592. The molecule has 7 heteroatoms. The van der Waals surface area contributed by atoms with Crippen LogP contribution in [0.5, 0.6) is 0 Å². The Morgan fingerprint density at radius 2 is 2.30 bits per heavy atom. The molecule has 2 fully saturated rings. The molecule has 0 aliphatic carbocycles. The van der Waals surface area contributed by atoms with E-state index in [1.165, 1.54) is 16.7 Å². The second kappa shape index (κ2) is 4.47. The van der Waals surface area contributed by atoms with Crippen molar-refractivity contribution in [3.05, 3.63) is 10.6 Å². The van der Waals surface area contributed by atoms with Crippen LogP contribution in [-0.4, -0.2) is 50.7 Å². The third kappa shape index (κ3) is 1.73. The van der Waals surface area contributed by atoms with Gasteiger partial charge in [0.15, 0.2) is 0 Å². The SMILES string of the molecule is C[C@@H](O)[C@H]1C(=O)N2C(C(=O)O)=C([C@@]3(C)CCCO3)S[C@H]12. The molecule has 4 atom stereocenters. The minimum Gasteiger partial charge on any atom is -0.477 e. The second-order valence-corrected chi connectivity index (χ2v) is 6.78. The van der Waals surface area contributed by atoms with Crippen molar-refractivity contribution in [1.82, 2.24) is 4.90 Å². The van der Waals surface area contributed by atoms with Gasteiger partial charge in [-0.1, -0.05) is 11.8 Å². The number of fused-ring (bicyclic) bond motifs is 1. The highest BCUT2D eigenvalue weighted by molar-refractivity contribution is 8.04. The molecule has 0 aromatic heterocycles. The normalized spacial score (nSPS) is 38.0. The van der Waals surface area contributed by atoms with E-state index in [1.807, 2.05) is 6.92 Å². The number of carboxylic acid groups (broad SMARTS) is 1. The number of amides is 1. The molecule has 2 N–H and O–H groups in total. The van der Waals surface area contributed by atoms with E-state index in [4.69, 9.17) is 4.74 Å². The van der Waals surface area contributed by atoms with Crippen molar-refractivity contribution >= 4 is 23.6 Å². The number of aliphatic hydroxyl groups excluding tert-OH is 1. The van der Waals surface area contributed by atoms with Crippen LogP contribution in [-0.2, 0) is 14.3 Å². The monoisotopic (exact) mass is 299 g/mol. The number of carbonyl (C=O) groups excluding carboxylic acids is 1. The van der Waals surface area contributed by atoms with Crippen molar-refractivity contribution in [1.29, 1.82) is 0 Å². The first-order valence-corrected chi connectivity index (χ1v) is 7.54. The van der Waals surface area contributed by atoms with E-state index in [0.29, 0.717) is 11.5 Å². The molecule has 3 heterocycles. The van der Waals surface area contributed by atoms with Gasteiger partial charge in [0.2, 0.25) is 5.91 Å². The van der Waals surface area contributed by atoms with Crippen LogP contribution in [0.15, 0.2) is 10.6 Å². The number of ether oxygens (including phenoxy) is 1. The number of carbonyl (C=O) groups is 2. The fraction of sp³-hybridized carbons (Fsp3) is 0.692. The van der Waals surface area contributed by atoms with Crippen LogP contribution in [0, 0.1) is 5.92 Å². The fourth-order valence-corrected chi connectivity index (χ4v) is 4.87. The van der Waals surface area contributed by atoms with Crippen LogP contribution in [0.2, 0.25) is 0 Å². The van der Waals surface area contributed by atoms with Crippen LogP contribution >= 0.6 is 11.8 Å². The number of β-lactam (4-membered cyclic amide) rings is 1. The summed E-state index contributed by atoms with van der Waals surface area (Å²) in [5, 5.41) is 18.8. The molecule has 3 rings (SSSR count). The number of rotatable bonds is 3. The molecule has 0 aromatic carbocycles. The summed E-state index contributed by atoms with van der Waals surface area (Å²) >= 11 is 1.35. The molecule has 0 spiro atoms. The van der Waals surface area contributed by atoms with Crippen LogP contribution in [0.25, 0.3) is 0 Å². The van der Waals surface area contributed by atoms with Gasteiger partial charge in [0.25, 0.3) is 0 Å². The van der Waals surface area contributed by atoms with E-state index in [1.54, 1.807) is 6.92 Å². The predicted molar refractivity (Wildman–Crippen MR) is 71.6 cm³/mol. The molecule has 0 radical (unpaired) electrons. The Morgan fingerprint density at radius 3 is 2.80 bits per heavy atom. The molecule has 20 heavy (non-hydrogen) atoms. The summed E-state index contributed by atoms with van der Waals surface area (Å²) in [7, 11) is 0. The molecule has 0 bridgehead atoms. The molecule has 0 aromatic rings. The Labute approximate surface area is 120 Å². The number of thioether (sulfide) groups is 1. The lowest BCUT2D eigenvalue weighted by molar-refractivity contribution is -0.156. The zero-order chi connectivity index (χ0) is 14.7. The van der Waals surface area contributed by atoms with Crippen molar-refractivity contribution in [2.45, 2.75) is 43.8 Å². The Hall–Kier alpha value is -1.05. The van der Waals surface area contributed by atoms with Gasteiger partial charge >= 0.3 is 5.97 Å². The molecule has 6 nitrogen and oxygen atoms in total. The van der Waals surface area contributed by atoms with E-state index in [9.17, 15) is 19.8 Å². The minimum absolute atomic E-state index is 0.0336. The number of aliphatic carboxylic acids is 1. The maximum Gasteiger partial charge on any atom is 0.353 e. The lowest BCUT2D eigenvalue weighted by atomic mass is 9.91. The first kappa shape index (κ1) is 13.9. The lowest BCUT2D eigenvalue weighted by Gasteiger charge is -2.43. The van der Waals surface area contributed by atoms with Gasteiger partial charge in [-0.15, -0.1) is 0 Å². The quantitative estimate of drug-likeness (QED) is 0.748. The van der Waals surface area contributed by atoms with Gasteiger partial charge in [-0.2, -0.15) is 0 Å². The molecule has 1 amide bonds. The zero-order valence-corrected chi connectivity index (χ0v) is 12.1. The fourth-order valence-electron chi connectivity index (χ4n) is 3.11. The van der Waals surface area contributed by atoms with Gasteiger partial charge in [-0.05, 0) is 26.7 Å². The predicted octanol–water partition coefficient (Wildman–Crippen LogP) is 0.764. The third-order valence-corrected chi connectivity index (χ3v) is 5.81. The van der Waals surface area contributed by atoms with E-state index >= 15 is 0 Å². The number of hydrogen-bond acceptors (Lipinski definition) is 5. The smallest absolute Gasteiger partial charge is 0.353 e. The summed E-state index contributed by atoms with van der Waals surface area (Å²) in [6.45, 7) is 4.04. The Morgan fingerprint density at radius 1 is 1.60 bits per heavy atom. The largest absolute Gasteiger partial charge is 0.477 e. The van der Waals surface area contributed by atoms with Crippen LogP contribution in [0.3, 0.4) is 0 Å². The van der Waals surface area contributed by atoms with Crippen molar-refractivity contribution < 1.29 is 24.5 Å². The summed E-state index contributed by atoms with van der Waals surface area (Å²) in [5.74, 6) is -1.95. The third-order valence-electron chi connectivity index (χ3n) is 4.20. The maximum absolute atomic E-state index is 12.1. The average molecular weight is 299 g/mol. The average Bonchev–Trinajstić information content (AvgIpc) is 2.91. The van der Waals surface area contributed by atoms with Gasteiger partial charge in [0.1, 0.15) is 11.1 Å². The number of hydrogen-bond donors (Lipinski definition) is 2. The first-order chi connectivity index (χ1) is 9.37. The van der Waals surface area contributed by atoms with Crippen molar-refractivity contribution in [3.8, 4) is 0 Å². The van der Waals surface area contributed by atoms with E-state index in [0.717, 1.165) is 12.8 Å². The number of carboxylic acids is 1. The first-order valence-electron chi connectivity index (χ1n) is 6.66. The van der Waals surface area contributed by atoms with Gasteiger partial charge in [-0.3, -0.25) is 9.69 Å². The molecule has 110 valence electrons. The van der Waals surface area contributed by atoms with Crippen molar-refractivity contribution in [2.24, 2.45) is 5.92 Å². The van der Waals surface area contributed by atoms with E-state index in [2.05, 4.69) is 0 Å². The van der Waals surface area contributed by atoms with Crippen LogP contribution in [0.1, 0.15) is 26.7 Å². The second-order valence-electron chi connectivity index (χ2n) is 5.65. The summed E-state index contributed by atoms with van der Waals surface area (Å²) in [6.07, 6.45) is 0.856. The van der Waals surface area contributed by atoms with Gasteiger partial charge in [0.05, 0.1) is 17.6 Å². The topological polar surface area (TPSA) is 87.1 Å². The number of nitrogens with zero attached hydrogens (tertiary/aromatic N) is 1. The van der Waals surface area contributed by atoms with Gasteiger partial charge in [0, 0.05) is 11.5 Å². The molecule has 0 unspecified atom stereocenters. The molecular formula is C13H17NO5S. The van der Waals surface area contributed by atoms with E-state index in [-0.39, 0.29) is 17.0 Å². The minimum atomic E-state index is -1.11. The van der Waals surface area contributed by atoms with E-state index < -0.39 is 23.6 Å². The Kier molecular flexibility index (Phi) is 3.11. The summed E-state index contributed by atoms with van der Waals surface area (Å²) < 4.78 is 5.72. The molecule has 2 saturated heterocycles. The van der Waals surface area contributed by atoms with Crippen LogP contribution in [0.4, 0.5) is 0 Å². The van der Waals surface area contributed by atoms with Gasteiger partial charge in [-0.25, -0.2) is 4.79 Å². The van der Waals surface area contributed by atoms with Crippen molar-refractivity contribution in [2.75, 3.05) is 6.61 Å². The Balaban J connectivity index is 1.98. The standard InChI is InChI=1S/C13H17NO5S/c1-6(15)7-10(16)14-8(12(17)18)9(20-11(7)14)13(2)4-3-5-19-13/h6-7,11,15H,3-5H2,1-2H3,(H,17,18)/t6-,7+,11-,13-/m1/s1. The summed E-state index contributed by atoms with van der Waals surface area (Å²) in [4.78, 5) is 25.5. The zero-order valence-electron chi connectivity index (χ0n) is 11.3. The molecule has 0 saturated carbocycles. The molecule has 3 aliphatic rings. The van der Waals surface area contributed by atoms with Crippen molar-refractivity contribution in [3.63, 3.8) is 0 Å². The summed E-state index contributed by atoms with van der Waals surface area (Å²) in [6, 6.07) is 0. The highest BCUT2D eigenvalue weighted by atomic mass is 32.2. The van der Waals surface area contributed by atoms with Crippen LogP contribution < -0.4 is 0 Å². The maximum atomic E-state index is 12.1.